The zero-order chi connectivity index (χ0) is 21.8. The third-order valence-corrected chi connectivity index (χ3v) is 5.99. The molecular weight excluding hydrogens is 408 g/mol. The molecule has 3 aliphatic rings. The minimum atomic E-state index is -1.27. The van der Waals surface area contributed by atoms with E-state index in [4.69, 9.17) is 37.9 Å². The molecule has 5 rings (SSSR count). The average Bonchev–Trinajstić information content (AvgIpc) is 3.39. The van der Waals surface area contributed by atoms with Crippen LogP contribution in [0.1, 0.15) is 17.0 Å². The monoisotopic (exact) mass is 430 g/mol. The molecule has 1 saturated heterocycles. The first-order valence-corrected chi connectivity index (χ1v) is 9.69. The number of carbonyl (C=O) groups is 1. The second-order valence-electron chi connectivity index (χ2n) is 7.38. The summed E-state index contributed by atoms with van der Waals surface area (Å²) in [7, 11) is 6.12. The summed E-state index contributed by atoms with van der Waals surface area (Å²) in [6.45, 7) is 0.0930. The van der Waals surface area contributed by atoms with Crippen LogP contribution in [0.5, 0.6) is 34.5 Å². The Balaban J connectivity index is 1.76. The highest BCUT2D eigenvalue weighted by molar-refractivity contribution is 5.80. The molecule has 0 N–H and O–H groups in total. The topological polar surface area (TPSA) is 90.9 Å². The van der Waals surface area contributed by atoms with Gasteiger partial charge in [0.05, 0.1) is 21.3 Å². The summed E-state index contributed by atoms with van der Waals surface area (Å²) in [5, 5.41) is 0. The van der Waals surface area contributed by atoms with E-state index in [9.17, 15) is 4.79 Å². The Labute approximate surface area is 178 Å². The van der Waals surface area contributed by atoms with Crippen molar-refractivity contribution < 1.29 is 42.7 Å². The van der Waals surface area contributed by atoms with E-state index in [0.717, 1.165) is 11.1 Å². The van der Waals surface area contributed by atoms with Crippen LogP contribution in [-0.4, -0.2) is 53.6 Å². The molecule has 9 heteroatoms. The minimum absolute atomic E-state index is 0.0260. The van der Waals surface area contributed by atoms with Gasteiger partial charge in [0.15, 0.2) is 29.6 Å². The molecule has 2 aromatic rings. The molecule has 0 aliphatic carbocycles. The van der Waals surface area contributed by atoms with Crippen LogP contribution in [-0.2, 0) is 14.3 Å². The molecule has 0 bridgehead atoms. The number of carbonyl (C=O) groups excluding carboxylic acids is 1. The first-order chi connectivity index (χ1) is 15.0. The van der Waals surface area contributed by atoms with Crippen molar-refractivity contribution in [1.29, 1.82) is 0 Å². The van der Waals surface area contributed by atoms with E-state index in [1.54, 1.807) is 20.3 Å². The van der Waals surface area contributed by atoms with Gasteiger partial charge >= 0.3 is 5.97 Å². The van der Waals surface area contributed by atoms with Gasteiger partial charge < -0.3 is 37.9 Å². The molecule has 2 aromatic carbocycles. The SMILES string of the molecule is COc1cc(C2c3cc4c(cc3OC3(OC)COC(=O)C23)OCO4)cc(OC)c1OC. The molecule has 3 atom stereocenters. The Morgan fingerprint density at radius 2 is 1.55 bits per heavy atom. The van der Waals surface area contributed by atoms with Gasteiger partial charge in [-0.25, -0.2) is 0 Å². The van der Waals surface area contributed by atoms with Gasteiger partial charge in [0, 0.05) is 24.7 Å². The maximum absolute atomic E-state index is 12.9. The number of esters is 1. The van der Waals surface area contributed by atoms with Crippen molar-refractivity contribution in [2.45, 2.75) is 11.7 Å². The van der Waals surface area contributed by atoms with E-state index in [1.807, 2.05) is 18.2 Å². The standard InChI is InChI=1S/C22H22O9/c1-24-16-5-11(6-17(25-2)20(16)26-3)18-12-7-14-15(30-10-29-14)8-13(12)31-22(27-4)9-28-21(23)19(18)22/h5-8,18-19H,9-10H2,1-4H3. The third-order valence-electron chi connectivity index (χ3n) is 5.99. The second-order valence-corrected chi connectivity index (χ2v) is 7.38. The van der Waals surface area contributed by atoms with Gasteiger partial charge in [-0.15, -0.1) is 0 Å². The quantitative estimate of drug-likeness (QED) is 0.664. The van der Waals surface area contributed by atoms with Crippen molar-refractivity contribution in [3.05, 3.63) is 35.4 Å². The summed E-state index contributed by atoms with van der Waals surface area (Å²) in [5.41, 5.74) is 1.50. The number of ether oxygens (including phenoxy) is 8. The Morgan fingerprint density at radius 3 is 2.16 bits per heavy atom. The molecule has 0 aromatic heterocycles. The number of cyclic esters (lactones) is 1. The first-order valence-electron chi connectivity index (χ1n) is 9.69. The lowest BCUT2D eigenvalue weighted by Gasteiger charge is -2.41. The summed E-state index contributed by atoms with van der Waals surface area (Å²) < 4.78 is 44.9. The lowest BCUT2D eigenvalue weighted by Crippen LogP contribution is -2.51. The highest BCUT2D eigenvalue weighted by atomic mass is 16.7. The average molecular weight is 430 g/mol. The zero-order valence-electron chi connectivity index (χ0n) is 17.6. The molecule has 0 saturated carbocycles. The molecule has 164 valence electrons. The van der Waals surface area contributed by atoms with Crippen LogP contribution in [0.3, 0.4) is 0 Å². The Hall–Kier alpha value is -3.33. The van der Waals surface area contributed by atoms with Crippen molar-refractivity contribution in [1.82, 2.24) is 0 Å². The minimum Gasteiger partial charge on any atom is -0.493 e. The van der Waals surface area contributed by atoms with E-state index in [2.05, 4.69) is 0 Å². The van der Waals surface area contributed by atoms with Gasteiger partial charge in [-0.2, -0.15) is 0 Å². The van der Waals surface area contributed by atoms with Crippen LogP contribution < -0.4 is 28.4 Å². The van der Waals surface area contributed by atoms with Crippen LogP contribution in [0.2, 0.25) is 0 Å². The lowest BCUT2D eigenvalue weighted by atomic mass is 9.75. The van der Waals surface area contributed by atoms with Gasteiger partial charge in [-0.1, -0.05) is 0 Å². The van der Waals surface area contributed by atoms with E-state index in [0.29, 0.717) is 34.5 Å². The van der Waals surface area contributed by atoms with Crippen molar-refractivity contribution >= 4 is 5.97 Å². The molecule has 9 nitrogen and oxygen atoms in total. The molecule has 3 heterocycles. The summed E-state index contributed by atoms with van der Waals surface area (Å²) in [6.07, 6.45) is 0. The Bertz CT molecular complexity index is 1020. The van der Waals surface area contributed by atoms with Crippen molar-refractivity contribution in [2.24, 2.45) is 5.92 Å². The van der Waals surface area contributed by atoms with E-state index < -0.39 is 23.6 Å². The first kappa shape index (κ1) is 19.6. The number of hydrogen-bond acceptors (Lipinski definition) is 9. The van der Waals surface area contributed by atoms with Gasteiger partial charge in [0.25, 0.3) is 5.79 Å². The van der Waals surface area contributed by atoms with Gasteiger partial charge in [0.1, 0.15) is 11.7 Å². The summed E-state index contributed by atoms with van der Waals surface area (Å²) >= 11 is 0. The van der Waals surface area contributed by atoms with Crippen molar-refractivity contribution in [2.75, 3.05) is 41.8 Å². The second kappa shape index (κ2) is 7.12. The summed E-state index contributed by atoms with van der Waals surface area (Å²) in [6, 6.07) is 7.22. The lowest BCUT2D eigenvalue weighted by molar-refractivity contribution is -0.195. The number of rotatable bonds is 5. The molecule has 0 spiro atoms. The Morgan fingerprint density at radius 1 is 0.871 bits per heavy atom. The normalized spacial score (nSPS) is 25.2. The number of hydrogen-bond donors (Lipinski definition) is 0. The van der Waals surface area contributed by atoms with Crippen LogP contribution in [0.25, 0.3) is 0 Å². The van der Waals surface area contributed by atoms with Gasteiger partial charge in [-0.3, -0.25) is 4.79 Å². The van der Waals surface area contributed by atoms with Crippen LogP contribution >= 0.6 is 0 Å². The highest BCUT2D eigenvalue weighted by Gasteiger charge is 2.61. The van der Waals surface area contributed by atoms with Gasteiger partial charge in [0.2, 0.25) is 12.5 Å². The maximum atomic E-state index is 12.9. The van der Waals surface area contributed by atoms with Gasteiger partial charge in [-0.05, 0) is 23.8 Å². The number of benzene rings is 2. The third kappa shape index (κ3) is 2.76. The zero-order valence-corrected chi connectivity index (χ0v) is 17.6. The van der Waals surface area contributed by atoms with E-state index >= 15 is 0 Å². The van der Waals surface area contributed by atoms with Crippen LogP contribution in [0.15, 0.2) is 24.3 Å². The van der Waals surface area contributed by atoms with E-state index in [-0.39, 0.29) is 13.4 Å². The van der Waals surface area contributed by atoms with Crippen LogP contribution in [0.4, 0.5) is 0 Å². The number of methoxy groups -OCH3 is 4. The highest BCUT2D eigenvalue weighted by Crippen LogP contribution is 2.56. The largest absolute Gasteiger partial charge is 0.493 e. The fourth-order valence-corrected chi connectivity index (χ4v) is 4.53. The molecule has 0 radical (unpaired) electrons. The molecule has 3 unspecified atom stereocenters. The molecule has 0 amide bonds. The van der Waals surface area contributed by atoms with Crippen molar-refractivity contribution in [3.63, 3.8) is 0 Å². The fourth-order valence-electron chi connectivity index (χ4n) is 4.53. The molecule has 1 fully saturated rings. The maximum Gasteiger partial charge on any atom is 0.317 e. The molecule has 31 heavy (non-hydrogen) atoms. The number of fused-ring (bicyclic) bond motifs is 3. The Kier molecular flexibility index (Phi) is 4.51. The fraction of sp³-hybridized carbons (Fsp3) is 0.409. The summed E-state index contributed by atoms with van der Waals surface area (Å²) in [5.74, 6) is 0.147. The molecular formula is C22H22O9. The summed E-state index contributed by atoms with van der Waals surface area (Å²) in [4.78, 5) is 12.9. The smallest absolute Gasteiger partial charge is 0.317 e. The van der Waals surface area contributed by atoms with Crippen molar-refractivity contribution in [3.8, 4) is 34.5 Å². The predicted molar refractivity (Wildman–Crippen MR) is 105 cm³/mol. The van der Waals surface area contributed by atoms with E-state index in [1.165, 1.54) is 14.2 Å². The predicted octanol–water partition coefficient (Wildman–Crippen LogP) is 2.48. The van der Waals surface area contributed by atoms with Crippen LogP contribution in [0, 0.1) is 5.92 Å². The molecule has 3 aliphatic heterocycles.